The van der Waals surface area contributed by atoms with Crippen LogP contribution in [0.1, 0.15) is 22.3 Å². The number of amides is 1. The molecule has 1 heterocycles. The number of halogens is 3. The fourth-order valence-corrected chi connectivity index (χ4v) is 4.43. The third kappa shape index (κ3) is 4.06. The van der Waals surface area contributed by atoms with E-state index in [-0.39, 0.29) is 22.8 Å². The number of hydrogen-bond acceptors (Lipinski definition) is 4. The zero-order valence-electron chi connectivity index (χ0n) is 14.8. The summed E-state index contributed by atoms with van der Waals surface area (Å²) < 4.78 is 68.5. The minimum atomic E-state index is -4.48. The van der Waals surface area contributed by atoms with Gasteiger partial charge in [-0.1, -0.05) is 0 Å². The lowest BCUT2D eigenvalue weighted by Crippen LogP contribution is -2.25. The van der Waals surface area contributed by atoms with Crippen molar-refractivity contribution in [1.29, 1.82) is 0 Å². The van der Waals surface area contributed by atoms with Crippen LogP contribution in [-0.4, -0.2) is 33.7 Å². The summed E-state index contributed by atoms with van der Waals surface area (Å²) in [7, 11) is -2.00. The standard InChI is InChI=1S/C18H17F3N2O4S/c1-27-16-11-14(23-9-2-10-28(23,25)26)7-8-15(16)22-17(24)12-3-5-13(6-4-12)18(19,20)21/h3-8,11H,2,9-10H2,1H3,(H,22,24). The number of benzene rings is 2. The van der Waals surface area contributed by atoms with Gasteiger partial charge >= 0.3 is 6.18 Å². The SMILES string of the molecule is COc1cc(N2CCCS2(=O)=O)ccc1NC(=O)c1ccc(C(F)(F)F)cc1. The highest BCUT2D eigenvalue weighted by molar-refractivity contribution is 7.93. The third-order valence-electron chi connectivity index (χ3n) is 4.29. The molecule has 1 aliphatic heterocycles. The fourth-order valence-electron chi connectivity index (χ4n) is 2.87. The molecule has 0 atom stereocenters. The first-order chi connectivity index (χ1) is 13.1. The van der Waals surface area contributed by atoms with Gasteiger partial charge in [0.2, 0.25) is 10.0 Å². The number of anilines is 2. The molecule has 150 valence electrons. The van der Waals surface area contributed by atoms with E-state index in [0.717, 1.165) is 24.3 Å². The number of nitrogens with one attached hydrogen (secondary N) is 1. The summed E-state index contributed by atoms with van der Waals surface area (Å²) in [6.45, 7) is 0.364. The second-order valence-corrected chi connectivity index (χ2v) is 8.17. The van der Waals surface area contributed by atoms with Crippen LogP contribution in [0.2, 0.25) is 0 Å². The van der Waals surface area contributed by atoms with Gasteiger partial charge in [0, 0.05) is 18.2 Å². The quantitative estimate of drug-likeness (QED) is 0.831. The van der Waals surface area contributed by atoms with E-state index in [1.54, 1.807) is 0 Å². The Bertz CT molecular complexity index is 989. The smallest absolute Gasteiger partial charge is 0.416 e. The van der Waals surface area contributed by atoms with E-state index in [4.69, 9.17) is 4.74 Å². The highest BCUT2D eigenvalue weighted by Crippen LogP contribution is 2.33. The Hall–Kier alpha value is -2.75. The van der Waals surface area contributed by atoms with E-state index < -0.39 is 27.7 Å². The van der Waals surface area contributed by atoms with E-state index in [1.807, 2.05) is 0 Å². The van der Waals surface area contributed by atoms with Crippen molar-refractivity contribution in [2.45, 2.75) is 12.6 Å². The minimum Gasteiger partial charge on any atom is -0.494 e. The molecule has 0 spiro atoms. The van der Waals surface area contributed by atoms with Crippen LogP contribution in [0.15, 0.2) is 42.5 Å². The Morgan fingerprint density at radius 1 is 1.14 bits per heavy atom. The number of nitrogens with zero attached hydrogens (tertiary/aromatic N) is 1. The summed E-state index contributed by atoms with van der Waals surface area (Å²) in [5, 5.41) is 2.56. The molecule has 0 aliphatic carbocycles. The van der Waals surface area contributed by atoms with Gasteiger partial charge in [-0.15, -0.1) is 0 Å². The first-order valence-electron chi connectivity index (χ1n) is 8.29. The lowest BCUT2D eigenvalue weighted by Gasteiger charge is -2.19. The summed E-state index contributed by atoms with van der Waals surface area (Å²) >= 11 is 0. The number of carbonyl (C=O) groups is 1. The maximum atomic E-state index is 12.6. The maximum Gasteiger partial charge on any atom is 0.416 e. The fraction of sp³-hybridized carbons (Fsp3) is 0.278. The molecule has 0 unspecified atom stereocenters. The Labute approximate surface area is 160 Å². The van der Waals surface area contributed by atoms with Gasteiger partial charge in [0.15, 0.2) is 0 Å². The van der Waals surface area contributed by atoms with E-state index in [1.165, 1.54) is 29.6 Å². The van der Waals surface area contributed by atoms with Crippen LogP contribution >= 0.6 is 0 Å². The highest BCUT2D eigenvalue weighted by Gasteiger charge is 2.31. The monoisotopic (exact) mass is 414 g/mol. The molecule has 1 amide bonds. The predicted octanol–water partition coefficient (Wildman–Crippen LogP) is 3.51. The lowest BCUT2D eigenvalue weighted by molar-refractivity contribution is -0.137. The predicted molar refractivity (Wildman–Crippen MR) is 98.1 cm³/mol. The first-order valence-corrected chi connectivity index (χ1v) is 9.90. The Balaban J connectivity index is 1.81. The molecular weight excluding hydrogens is 397 g/mol. The number of methoxy groups -OCH3 is 1. The van der Waals surface area contributed by atoms with Crippen molar-refractivity contribution in [2.75, 3.05) is 29.0 Å². The van der Waals surface area contributed by atoms with Gasteiger partial charge in [-0.25, -0.2) is 8.42 Å². The van der Waals surface area contributed by atoms with Gasteiger partial charge in [0.25, 0.3) is 5.91 Å². The highest BCUT2D eigenvalue weighted by atomic mass is 32.2. The van der Waals surface area contributed by atoms with Crippen molar-refractivity contribution in [2.24, 2.45) is 0 Å². The number of carbonyl (C=O) groups excluding carboxylic acids is 1. The van der Waals surface area contributed by atoms with Crippen molar-refractivity contribution in [1.82, 2.24) is 0 Å². The summed E-state index contributed by atoms with van der Waals surface area (Å²) in [6, 6.07) is 8.33. The number of ether oxygens (including phenoxy) is 1. The van der Waals surface area contributed by atoms with Gasteiger partial charge in [-0.05, 0) is 42.8 Å². The summed E-state index contributed by atoms with van der Waals surface area (Å²) in [4.78, 5) is 12.3. The molecule has 0 bridgehead atoms. The van der Waals surface area contributed by atoms with E-state index in [9.17, 15) is 26.4 Å². The molecular formula is C18H17F3N2O4S. The first kappa shape index (κ1) is 20.0. The molecule has 1 N–H and O–H groups in total. The second-order valence-electron chi connectivity index (χ2n) is 6.16. The molecule has 0 aromatic heterocycles. The molecule has 6 nitrogen and oxygen atoms in total. The van der Waals surface area contributed by atoms with Crippen LogP contribution in [0, 0.1) is 0 Å². The molecule has 1 saturated heterocycles. The van der Waals surface area contributed by atoms with Gasteiger partial charge in [-0.3, -0.25) is 9.10 Å². The molecule has 28 heavy (non-hydrogen) atoms. The topological polar surface area (TPSA) is 75.7 Å². The summed E-state index contributed by atoms with van der Waals surface area (Å²) in [6.07, 6.45) is -3.96. The molecule has 10 heteroatoms. The number of sulfonamides is 1. The van der Waals surface area contributed by atoms with Gasteiger partial charge in [0.05, 0.1) is 29.8 Å². The van der Waals surface area contributed by atoms with Crippen LogP contribution < -0.4 is 14.4 Å². The maximum absolute atomic E-state index is 12.6. The van der Waals surface area contributed by atoms with Crippen molar-refractivity contribution >= 4 is 27.3 Å². The van der Waals surface area contributed by atoms with Crippen molar-refractivity contribution in [3.05, 3.63) is 53.6 Å². The van der Waals surface area contributed by atoms with Crippen molar-refractivity contribution < 1.29 is 31.1 Å². The zero-order valence-corrected chi connectivity index (χ0v) is 15.6. The van der Waals surface area contributed by atoms with Crippen LogP contribution in [0.4, 0.5) is 24.5 Å². The number of rotatable bonds is 4. The number of alkyl halides is 3. The molecule has 1 aliphatic rings. The average Bonchev–Trinajstić information content (AvgIpc) is 3.00. The normalized spacial score (nSPS) is 16.1. The molecule has 0 saturated carbocycles. The van der Waals surface area contributed by atoms with Crippen LogP contribution in [0.25, 0.3) is 0 Å². The summed E-state index contributed by atoms with van der Waals surface area (Å²) in [5.74, 6) is -0.310. The van der Waals surface area contributed by atoms with E-state index >= 15 is 0 Å². The Kier molecular flexibility index (Phi) is 5.24. The minimum absolute atomic E-state index is 0.0428. The van der Waals surface area contributed by atoms with Crippen LogP contribution in [0.3, 0.4) is 0 Å². The van der Waals surface area contributed by atoms with Crippen molar-refractivity contribution in [3.8, 4) is 5.75 Å². The Morgan fingerprint density at radius 2 is 1.82 bits per heavy atom. The third-order valence-corrected chi connectivity index (χ3v) is 6.16. The van der Waals surface area contributed by atoms with Gasteiger partial charge < -0.3 is 10.1 Å². The number of hydrogen-bond donors (Lipinski definition) is 1. The molecule has 2 aromatic carbocycles. The second kappa shape index (κ2) is 7.34. The molecule has 1 fully saturated rings. The molecule has 3 rings (SSSR count). The average molecular weight is 414 g/mol. The van der Waals surface area contributed by atoms with Gasteiger partial charge in [0.1, 0.15) is 5.75 Å². The van der Waals surface area contributed by atoms with Crippen molar-refractivity contribution in [3.63, 3.8) is 0 Å². The molecule has 0 radical (unpaired) electrons. The summed E-state index contributed by atoms with van der Waals surface area (Å²) in [5.41, 5.74) is -0.117. The van der Waals surface area contributed by atoms with E-state index in [0.29, 0.717) is 18.7 Å². The van der Waals surface area contributed by atoms with Gasteiger partial charge in [-0.2, -0.15) is 13.2 Å². The van der Waals surface area contributed by atoms with Crippen LogP contribution in [-0.2, 0) is 16.2 Å². The molecule has 2 aromatic rings. The Morgan fingerprint density at radius 3 is 2.36 bits per heavy atom. The van der Waals surface area contributed by atoms with Crippen LogP contribution in [0.5, 0.6) is 5.75 Å². The van der Waals surface area contributed by atoms with E-state index in [2.05, 4.69) is 5.32 Å². The largest absolute Gasteiger partial charge is 0.494 e. The zero-order chi connectivity index (χ0) is 20.5. The lowest BCUT2D eigenvalue weighted by atomic mass is 10.1.